The number of rotatable bonds is 2. The van der Waals surface area contributed by atoms with E-state index < -0.39 is 0 Å². The van der Waals surface area contributed by atoms with Crippen molar-refractivity contribution >= 4 is 28.9 Å². The van der Waals surface area contributed by atoms with Crippen molar-refractivity contribution < 1.29 is 14.6 Å². The van der Waals surface area contributed by atoms with E-state index in [0.29, 0.717) is 16.2 Å². The molecule has 1 saturated heterocycles. The maximum Gasteiger partial charge on any atom is 0.286 e. The van der Waals surface area contributed by atoms with E-state index in [1.807, 2.05) is 0 Å². The minimum Gasteiger partial charge on any atom is -0.504 e. The summed E-state index contributed by atoms with van der Waals surface area (Å²) in [6, 6.07) is 5.20. The van der Waals surface area contributed by atoms with Crippen molar-refractivity contribution in [2.75, 3.05) is 20.2 Å². The third kappa shape index (κ3) is 2.97. The molecule has 2 aliphatic rings. The zero-order chi connectivity index (χ0) is 15.5. The van der Waals surface area contributed by atoms with Crippen LogP contribution in [0.15, 0.2) is 28.1 Å². The average Bonchev–Trinajstić information content (AvgIpc) is 2.91. The van der Waals surface area contributed by atoms with Crippen LogP contribution in [-0.2, 0) is 4.79 Å². The third-order valence-corrected chi connectivity index (χ3v) is 4.82. The van der Waals surface area contributed by atoms with Crippen molar-refractivity contribution in [3.63, 3.8) is 0 Å². The fourth-order valence-corrected chi connectivity index (χ4v) is 3.54. The molecule has 1 aromatic rings. The number of ether oxygens (including phenoxy) is 1. The molecule has 0 atom stereocenters. The second-order valence-corrected chi connectivity index (χ2v) is 6.27. The summed E-state index contributed by atoms with van der Waals surface area (Å²) < 4.78 is 5.09. The largest absolute Gasteiger partial charge is 0.504 e. The zero-order valence-corrected chi connectivity index (χ0v) is 13.2. The second-order valence-electron chi connectivity index (χ2n) is 5.26. The van der Waals surface area contributed by atoms with Gasteiger partial charge in [0.2, 0.25) is 0 Å². The number of hydrogen-bond acceptors (Lipinski definition) is 5. The predicted octanol–water partition coefficient (Wildman–Crippen LogP) is 2.86. The number of amides is 1. The summed E-state index contributed by atoms with van der Waals surface area (Å²) in [6.07, 6.45) is 5.20. The zero-order valence-electron chi connectivity index (χ0n) is 12.4. The number of aliphatic imine (C=N–C) groups is 1. The number of para-hydroxylation sites is 1. The Morgan fingerprint density at radius 2 is 2.09 bits per heavy atom. The Bertz CT molecular complexity index is 649. The van der Waals surface area contributed by atoms with E-state index in [1.165, 1.54) is 25.3 Å². The van der Waals surface area contributed by atoms with Crippen molar-refractivity contribution in [3.05, 3.63) is 28.7 Å². The summed E-state index contributed by atoms with van der Waals surface area (Å²) in [6.45, 7) is 1.91. The molecule has 0 bridgehead atoms. The number of phenols is 1. The van der Waals surface area contributed by atoms with Gasteiger partial charge >= 0.3 is 0 Å². The van der Waals surface area contributed by atoms with Crippen molar-refractivity contribution in [3.8, 4) is 11.5 Å². The normalized spacial score (nSPS) is 20.4. The molecule has 0 aliphatic carbocycles. The van der Waals surface area contributed by atoms with Crippen LogP contribution in [0.3, 0.4) is 0 Å². The maximum atomic E-state index is 12.1. The minimum absolute atomic E-state index is 0.0392. The molecular formula is C16H18N2O3S. The average molecular weight is 318 g/mol. The van der Waals surface area contributed by atoms with Crippen LogP contribution in [-0.4, -0.2) is 41.3 Å². The van der Waals surface area contributed by atoms with E-state index in [9.17, 15) is 9.90 Å². The van der Waals surface area contributed by atoms with Gasteiger partial charge in [-0.1, -0.05) is 12.1 Å². The molecule has 0 saturated carbocycles. The number of carbonyl (C=O) groups is 1. The molecule has 22 heavy (non-hydrogen) atoms. The summed E-state index contributed by atoms with van der Waals surface area (Å²) in [4.78, 5) is 18.9. The van der Waals surface area contributed by atoms with E-state index in [2.05, 4.69) is 9.89 Å². The van der Waals surface area contributed by atoms with Gasteiger partial charge in [0.05, 0.1) is 12.0 Å². The lowest BCUT2D eigenvalue weighted by Crippen LogP contribution is -2.33. The molecule has 1 aromatic carbocycles. The molecule has 2 heterocycles. The highest BCUT2D eigenvalue weighted by Gasteiger charge is 2.27. The highest BCUT2D eigenvalue weighted by atomic mass is 32.2. The van der Waals surface area contributed by atoms with Gasteiger partial charge in [-0.15, -0.1) is 0 Å². The first-order chi connectivity index (χ1) is 10.7. The molecule has 1 amide bonds. The van der Waals surface area contributed by atoms with E-state index in [4.69, 9.17) is 4.74 Å². The number of phenolic OH excluding ortho intramolecular Hbond substituents is 1. The Morgan fingerprint density at radius 3 is 2.82 bits per heavy atom. The second kappa shape index (κ2) is 6.44. The molecule has 1 N–H and O–H groups in total. The van der Waals surface area contributed by atoms with Crippen LogP contribution in [0.4, 0.5) is 0 Å². The molecular weight excluding hydrogens is 300 g/mol. The first-order valence-electron chi connectivity index (χ1n) is 7.32. The first kappa shape index (κ1) is 15.0. The van der Waals surface area contributed by atoms with E-state index in [0.717, 1.165) is 31.1 Å². The molecule has 1 fully saturated rings. The molecule has 6 heteroatoms. The van der Waals surface area contributed by atoms with Crippen molar-refractivity contribution in [2.45, 2.75) is 19.3 Å². The van der Waals surface area contributed by atoms with Crippen LogP contribution in [0.5, 0.6) is 11.5 Å². The molecule has 5 nitrogen and oxygen atoms in total. The SMILES string of the molecule is COc1cccc(/C=C2/SC(N3CCCCC3)=NC2=O)c1O. The third-order valence-electron chi connectivity index (χ3n) is 3.77. The van der Waals surface area contributed by atoms with E-state index in [-0.39, 0.29) is 11.7 Å². The topological polar surface area (TPSA) is 62.1 Å². The van der Waals surface area contributed by atoms with Gasteiger partial charge in [-0.05, 0) is 43.2 Å². The van der Waals surface area contributed by atoms with Crippen LogP contribution >= 0.6 is 11.8 Å². The minimum atomic E-state index is -0.243. The number of methoxy groups -OCH3 is 1. The summed E-state index contributed by atoms with van der Waals surface area (Å²) in [5.41, 5.74) is 0.560. The van der Waals surface area contributed by atoms with Gasteiger partial charge in [0.25, 0.3) is 5.91 Å². The number of hydrogen-bond donors (Lipinski definition) is 1. The number of aromatic hydroxyl groups is 1. The number of benzene rings is 1. The van der Waals surface area contributed by atoms with Gasteiger partial charge in [-0.2, -0.15) is 4.99 Å². The van der Waals surface area contributed by atoms with E-state index >= 15 is 0 Å². The van der Waals surface area contributed by atoms with Gasteiger partial charge in [-0.25, -0.2) is 0 Å². The summed E-state index contributed by atoms with van der Waals surface area (Å²) in [7, 11) is 1.50. The Hall–Kier alpha value is -1.95. The smallest absolute Gasteiger partial charge is 0.286 e. The number of amidine groups is 1. The van der Waals surface area contributed by atoms with Crippen LogP contribution in [0, 0.1) is 0 Å². The summed E-state index contributed by atoms with van der Waals surface area (Å²) in [5.74, 6) is 0.187. The molecule has 0 aromatic heterocycles. The quantitative estimate of drug-likeness (QED) is 0.850. The van der Waals surface area contributed by atoms with E-state index in [1.54, 1.807) is 24.3 Å². The van der Waals surface area contributed by atoms with Crippen LogP contribution in [0.2, 0.25) is 0 Å². The maximum absolute atomic E-state index is 12.1. The molecule has 0 spiro atoms. The number of piperidine rings is 1. The lowest BCUT2D eigenvalue weighted by atomic mass is 10.1. The van der Waals surface area contributed by atoms with Crippen molar-refractivity contribution in [2.24, 2.45) is 4.99 Å². The lowest BCUT2D eigenvalue weighted by molar-refractivity contribution is -0.113. The number of carbonyl (C=O) groups excluding carboxylic acids is 1. The van der Waals surface area contributed by atoms with Crippen LogP contribution in [0.1, 0.15) is 24.8 Å². The van der Waals surface area contributed by atoms with Crippen molar-refractivity contribution in [1.82, 2.24) is 4.90 Å². The number of thioether (sulfide) groups is 1. The van der Waals surface area contributed by atoms with Gasteiger partial charge < -0.3 is 14.7 Å². The Balaban J connectivity index is 1.81. The van der Waals surface area contributed by atoms with Gasteiger partial charge in [-0.3, -0.25) is 4.79 Å². The molecule has 3 rings (SSSR count). The monoisotopic (exact) mass is 318 g/mol. The molecule has 116 valence electrons. The number of likely N-dealkylation sites (tertiary alicyclic amines) is 1. The van der Waals surface area contributed by atoms with Crippen LogP contribution in [0.25, 0.3) is 6.08 Å². The summed E-state index contributed by atoms with van der Waals surface area (Å²) >= 11 is 1.38. The highest BCUT2D eigenvalue weighted by molar-refractivity contribution is 8.18. The van der Waals surface area contributed by atoms with Gasteiger partial charge in [0.1, 0.15) is 0 Å². The van der Waals surface area contributed by atoms with Crippen LogP contribution < -0.4 is 4.74 Å². The van der Waals surface area contributed by atoms with Crippen molar-refractivity contribution in [1.29, 1.82) is 0 Å². The molecule has 0 unspecified atom stereocenters. The fourth-order valence-electron chi connectivity index (χ4n) is 2.58. The summed E-state index contributed by atoms with van der Waals surface area (Å²) in [5, 5.41) is 10.9. The molecule has 0 radical (unpaired) electrons. The van der Waals surface area contributed by atoms with Gasteiger partial charge in [0, 0.05) is 18.7 Å². The predicted molar refractivity (Wildman–Crippen MR) is 88.1 cm³/mol. The van der Waals surface area contributed by atoms with Gasteiger partial charge in [0.15, 0.2) is 16.7 Å². The highest BCUT2D eigenvalue weighted by Crippen LogP contribution is 2.35. The number of nitrogens with zero attached hydrogens (tertiary/aromatic N) is 2. The molecule has 2 aliphatic heterocycles. The fraction of sp³-hybridized carbons (Fsp3) is 0.375. The Labute approximate surface area is 133 Å². The Kier molecular flexibility index (Phi) is 4.38. The first-order valence-corrected chi connectivity index (χ1v) is 8.14. The lowest BCUT2D eigenvalue weighted by Gasteiger charge is -2.27. The standard InChI is InChI=1S/C16H18N2O3S/c1-21-12-7-5-6-11(14(12)19)10-13-15(20)17-16(22-13)18-8-3-2-4-9-18/h5-7,10,19H,2-4,8-9H2,1H3/b13-10+. The Morgan fingerprint density at radius 1 is 1.32 bits per heavy atom.